The van der Waals surface area contributed by atoms with Gasteiger partial charge in [-0.25, -0.2) is 0 Å². The van der Waals surface area contributed by atoms with Crippen LogP contribution in [0.3, 0.4) is 0 Å². The Morgan fingerprint density at radius 3 is 2.74 bits per heavy atom. The number of allylic oxidation sites excluding steroid dienone is 4. The summed E-state index contributed by atoms with van der Waals surface area (Å²) in [5, 5.41) is 9.99. The third-order valence-electron chi connectivity index (χ3n) is 7.93. The molecule has 0 aromatic heterocycles. The fraction of sp³-hybridized carbons (Fsp3) is 0.769. The highest BCUT2D eigenvalue weighted by Crippen LogP contribution is 2.58. The van der Waals surface area contributed by atoms with Crippen LogP contribution in [0.4, 0.5) is 0 Å². The highest BCUT2D eigenvalue weighted by molar-refractivity contribution is 5.36. The third kappa shape index (κ3) is 4.97. The van der Waals surface area contributed by atoms with Gasteiger partial charge in [0.2, 0.25) is 0 Å². The summed E-state index contributed by atoms with van der Waals surface area (Å²) in [4.78, 5) is 0. The molecule has 0 aromatic rings. The van der Waals surface area contributed by atoms with Crippen LogP contribution in [0.25, 0.3) is 0 Å². The molecular formula is C26H42O. The Morgan fingerprint density at radius 1 is 1.15 bits per heavy atom. The van der Waals surface area contributed by atoms with Crippen molar-refractivity contribution >= 4 is 0 Å². The van der Waals surface area contributed by atoms with Gasteiger partial charge in [-0.3, -0.25) is 0 Å². The van der Waals surface area contributed by atoms with Gasteiger partial charge in [0, 0.05) is 0 Å². The molecule has 1 heteroatoms. The maximum absolute atomic E-state index is 9.99. The van der Waals surface area contributed by atoms with Crippen molar-refractivity contribution < 1.29 is 5.11 Å². The van der Waals surface area contributed by atoms with Gasteiger partial charge in [-0.15, -0.1) is 0 Å². The lowest BCUT2D eigenvalue weighted by atomic mass is 9.62. The number of hydrogen-bond donors (Lipinski definition) is 1. The molecule has 0 heterocycles. The van der Waals surface area contributed by atoms with Crippen molar-refractivity contribution in [1.29, 1.82) is 0 Å². The summed E-state index contributed by atoms with van der Waals surface area (Å²) in [6, 6.07) is 0. The van der Waals surface area contributed by atoms with Crippen molar-refractivity contribution in [3.8, 4) is 0 Å². The molecule has 3 saturated carbocycles. The molecule has 0 aromatic carbocycles. The Bertz CT molecular complexity index is 581. The van der Waals surface area contributed by atoms with Gasteiger partial charge in [-0.05, 0) is 86.5 Å². The van der Waals surface area contributed by atoms with E-state index in [2.05, 4.69) is 39.5 Å². The molecule has 0 aliphatic heterocycles. The largest absolute Gasteiger partial charge is 0.393 e. The van der Waals surface area contributed by atoms with E-state index in [-0.39, 0.29) is 6.10 Å². The fourth-order valence-corrected chi connectivity index (χ4v) is 6.16. The molecule has 0 amide bonds. The molecule has 3 rings (SSSR count). The van der Waals surface area contributed by atoms with Gasteiger partial charge >= 0.3 is 0 Å². The zero-order valence-electron chi connectivity index (χ0n) is 18.1. The predicted molar refractivity (Wildman–Crippen MR) is 117 cm³/mol. The van der Waals surface area contributed by atoms with Crippen LogP contribution in [0.5, 0.6) is 0 Å². The molecule has 1 unspecified atom stereocenters. The number of rotatable bonds is 6. The summed E-state index contributed by atoms with van der Waals surface area (Å²) in [5.74, 6) is 2.57. The smallest absolute Gasteiger partial charge is 0.0583 e. The van der Waals surface area contributed by atoms with E-state index in [1.165, 1.54) is 68.9 Å². The van der Waals surface area contributed by atoms with Crippen LogP contribution in [0.2, 0.25) is 0 Å². The molecule has 152 valence electrons. The van der Waals surface area contributed by atoms with Gasteiger partial charge in [0.05, 0.1) is 6.10 Å². The normalized spacial score (nSPS) is 37.4. The number of unbranched alkanes of at least 4 members (excludes halogenated alkanes) is 1. The van der Waals surface area contributed by atoms with Gasteiger partial charge in [0.15, 0.2) is 0 Å². The van der Waals surface area contributed by atoms with Gasteiger partial charge in [-0.2, -0.15) is 0 Å². The Labute approximate surface area is 168 Å². The first-order valence-electron chi connectivity index (χ1n) is 11.7. The van der Waals surface area contributed by atoms with Crippen molar-refractivity contribution in [2.75, 3.05) is 0 Å². The minimum absolute atomic E-state index is 0.168. The second-order valence-electron chi connectivity index (χ2n) is 10.3. The maximum atomic E-state index is 9.99. The quantitative estimate of drug-likeness (QED) is 0.484. The van der Waals surface area contributed by atoms with Gasteiger partial charge < -0.3 is 5.11 Å². The number of aliphatic hydroxyl groups is 1. The van der Waals surface area contributed by atoms with Gasteiger partial charge in [-0.1, -0.05) is 69.9 Å². The lowest BCUT2D eigenvalue weighted by molar-refractivity contribution is 0.127. The lowest BCUT2D eigenvalue weighted by Gasteiger charge is -2.42. The lowest BCUT2D eigenvalue weighted by Crippen LogP contribution is -2.33. The highest BCUT2D eigenvalue weighted by Gasteiger charge is 2.48. The molecule has 4 atom stereocenters. The van der Waals surface area contributed by atoms with E-state index in [4.69, 9.17) is 0 Å². The summed E-state index contributed by atoms with van der Waals surface area (Å²) >= 11 is 0. The van der Waals surface area contributed by atoms with Crippen molar-refractivity contribution in [3.63, 3.8) is 0 Å². The molecule has 0 radical (unpaired) electrons. The molecule has 1 N–H and O–H groups in total. The fourth-order valence-electron chi connectivity index (χ4n) is 6.16. The second-order valence-corrected chi connectivity index (χ2v) is 10.3. The van der Waals surface area contributed by atoms with Crippen LogP contribution >= 0.6 is 0 Å². The number of hydrogen-bond acceptors (Lipinski definition) is 1. The van der Waals surface area contributed by atoms with E-state index in [0.717, 1.165) is 37.0 Å². The standard InChI is InChI=1S/C26H42O/c1-19(2)8-5-6-10-23-14-16-25-21(9-7-17-26(23,25)4)12-13-22-18-24(27)15-11-20(22)3/h12-13,19,23-25,27H,3,5-11,14-18H2,1-2,4H3/b21-12+,22-13-/t23?,24-,25-,26+/m0/s1. The minimum Gasteiger partial charge on any atom is -0.393 e. The zero-order chi connectivity index (χ0) is 19.4. The van der Waals surface area contributed by atoms with Crippen molar-refractivity contribution in [2.45, 2.75) is 104 Å². The van der Waals surface area contributed by atoms with Gasteiger partial charge in [0.25, 0.3) is 0 Å². The maximum Gasteiger partial charge on any atom is 0.0583 e. The molecule has 1 nitrogen and oxygen atoms in total. The van der Waals surface area contributed by atoms with Crippen LogP contribution in [0.1, 0.15) is 97.8 Å². The van der Waals surface area contributed by atoms with E-state index >= 15 is 0 Å². The van der Waals surface area contributed by atoms with Crippen molar-refractivity contribution in [1.82, 2.24) is 0 Å². The molecule has 0 spiro atoms. The molecule has 3 fully saturated rings. The van der Waals surface area contributed by atoms with E-state index in [9.17, 15) is 5.11 Å². The summed E-state index contributed by atoms with van der Waals surface area (Å²) in [6.45, 7) is 11.5. The summed E-state index contributed by atoms with van der Waals surface area (Å²) < 4.78 is 0. The van der Waals surface area contributed by atoms with Crippen molar-refractivity contribution in [3.05, 3.63) is 35.5 Å². The van der Waals surface area contributed by atoms with Gasteiger partial charge in [0.1, 0.15) is 0 Å². The average Bonchev–Trinajstić information content (AvgIpc) is 2.96. The Balaban J connectivity index is 1.65. The monoisotopic (exact) mass is 370 g/mol. The first kappa shape index (κ1) is 20.9. The number of aliphatic hydroxyl groups excluding tert-OH is 1. The summed E-state index contributed by atoms with van der Waals surface area (Å²) in [5.41, 5.74) is 4.75. The molecule has 0 saturated heterocycles. The van der Waals surface area contributed by atoms with E-state index in [1.54, 1.807) is 5.57 Å². The van der Waals surface area contributed by atoms with Crippen LogP contribution in [-0.2, 0) is 0 Å². The molecular weight excluding hydrogens is 328 g/mol. The van der Waals surface area contributed by atoms with Crippen molar-refractivity contribution in [2.24, 2.45) is 23.2 Å². The average molecular weight is 371 g/mol. The first-order chi connectivity index (χ1) is 12.9. The van der Waals surface area contributed by atoms with Crippen LogP contribution in [0.15, 0.2) is 35.5 Å². The summed E-state index contributed by atoms with van der Waals surface area (Å²) in [7, 11) is 0. The Morgan fingerprint density at radius 2 is 1.96 bits per heavy atom. The Hall–Kier alpha value is -0.820. The van der Waals surface area contributed by atoms with Crippen LogP contribution < -0.4 is 0 Å². The first-order valence-corrected chi connectivity index (χ1v) is 11.7. The topological polar surface area (TPSA) is 20.2 Å². The minimum atomic E-state index is -0.168. The molecule has 3 aliphatic rings. The van der Waals surface area contributed by atoms with E-state index in [1.807, 2.05) is 0 Å². The summed E-state index contributed by atoms with van der Waals surface area (Å²) in [6.07, 6.45) is 19.7. The molecule has 3 aliphatic carbocycles. The number of fused-ring (bicyclic) bond motifs is 1. The predicted octanol–water partition coefficient (Wildman–Crippen LogP) is 7.37. The highest BCUT2D eigenvalue weighted by atomic mass is 16.3. The second kappa shape index (κ2) is 9.12. The molecule has 27 heavy (non-hydrogen) atoms. The van der Waals surface area contributed by atoms with Crippen LogP contribution in [0, 0.1) is 23.2 Å². The van der Waals surface area contributed by atoms with E-state index < -0.39 is 0 Å². The third-order valence-corrected chi connectivity index (χ3v) is 7.93. The Kier molecular flexibility index (Phi) is 7.06. The van der Waals surface area contributed by atoms with Crippen LogP contribution in [-0.4, -0.2) is 11.2 Å². The molecule has 0 bridgehead atoms. The SMILES string of the molecule is C=C1CC[C@H](O)C/C1=C/C=C1\CCC[C@]2(C)C(CCCCC(C)C)CC[C@@H]12. The van der Waals surface area contributed by atoms with E-state index in [0.29, 0.717) is 5.41 Å². The zero-order valence-corrected chi connectivity index (χ0v) is 18.1.